The molecule has 8 heteroatoms. The SMILES string of the molecule is Cc1c(C=O)cc(N=[N+]=[N-])cc1C[B-](F)(F)F. The van der Waals surface area contributed by atoms with Crippen LogP contribution in [0.4, 0.5) is 18.6 Å². The Morgan fingerprint density at radius 2 is 2.12 bits per heavy atom. The summed E-state index contributed by atoms with van der Waals surface area (Å²) in [6.45, 7) is -3.57. The maximum Gasteiger partial charge on any atom is 0.482 e. The molecule has 0 fully saturated rings. The summed E-state index contributed by atoms with van der Waals surface area (Å²) < 4.78 is 37.0. The molecule has 0 heterocycles. The van der Waals surface area contributed by atoms with Crippen molar-refractivity contribution in [2.45, 2.75) is 13.2 Å². The van der Waals surface area contributed by atoms with Crippen molar-refractivity contribution in [2.75, 3.05) is 0 Å². The summed E-state index contributed by atoms with van der Waals surface area (Å²) in [6.07, 6.45) is -0.653. The summed E-state index contributed by atoms with van der Waals surface area (Å²) in [4.78, 5) is 13.2. The molecule has 1 aromatic carbocycles. The molecule has 0 bridgehead atoms. The van der Waals surface area contributed by atoms with Crippen molar-refractivity contribution in [3.05, 3.63) is 39.3 Å². The first kappa shape index (κ1) is 13.1. The quantitative estimate of drug-likeness (QED) is 0.261. The van der Waals surface area contributed by atoms with Crippen LogP contribution >= 0.6 is 0 Å². The molecule has 0 aliphatic heterocycles. The molecule has 0 aliphatic carbocycles. The average Bonchev–Trinajstić information content (AvgIpc) is 2.21. The molecule has 0 saturated carbocycles. The van der Waals surface area contributed by atoms with Crippen LogP contribution in [0.1, 0.15) is 21.5 Å². The van der Waals surface area contributed by atoms with Crippen molar-refractivity contribution in [2.24, 2.45) is 5.11 Å². The van der Waals surface area contributed by atoms with Crippen LogP contribution in [-0.4, -0.2) is 13.3 Å². The highest BCUT2D eigenvalue weighted by atomic mass is 19.4. The predicted molar refractivity (Wildman–Crippen MR) is 58.2 cm³/mol. The highest BCUT2D eigenvalue weighted by molar-refractivity contribution is 6.57. The van der Waals surface area contributed by atoms with E-state index in [9.17, 15) is 17.7 Å². The average molecular weight is 242 g/mol. The number of halogens is 3. The molecule has 90 valence electrons. The number of carbonyl (C=O) groups excluding carboxylic acids is 1. The lowest BCUT2D eigenvalue weighted by Gasteiger charge is -2.16. The van der Waals surface area contributed by atoms with Crippen LogP contribution in [0.25, 0.3) is 10.4 Å². The molecule has 4 nitrogen and oxygen atoms in total. The molecule has 0 spiro atoms. The first-order valence-corrected chi connectivity index (χ1v) is 4.72. The minimum atomic E-state index is -5.00. The Morgan fingerprint density at radius 1 is 1.47 bits per heavy atom. The first-order valence-electron chi connectivity index (χ1n) is 4.72. The number of carbonyl (C=O) groups is 1. The molecule has 0 radical (unpaired) electrons. The fraction of sp³-hybridized carbons (Fsp3) is 0.222. The number of hydrogen-bond donors (Lipinski definition) is 0. The predicted octanol–water partition coefficient (Wildman–Crippen LogP) is 3.68. The summed E-state index contributed by atoms with van der Waals surface area (Å²) in [5.74, 6) is 0. The van der Waals surface area contributed by atoms with Gasteiger partial charge in [-0.3, -0.25) is 4.79 Å². The zero-order valence-corrected chi connectivity index (χ0v) is 8.90. The van der Waals surface area contributed by atoms with E-state index in [0.717, 1.165) is 6.07 Å². The number of benzene rings is 1. The van der Waals surface area contributed by atoms with Crippen LogP contribution < -0.4 is 0 Å². The van der Waals surface area contributed by atoms with Gasteiger partial charge in [0.2, 0.25) is 0 Å². The third kappa shape index (κ3) is 3.53. The van der Waals surface area contributed by atoms with E-state index in [1.54, 1.807) is 0 Å². The Morgan fingerprint density at radius 3 is 2.59 bits per heavy atom. The second-order valence-electron chi connectivity index (χ2n) is 3.54. The van der Waals surface area contributed by atoms with E-state index in [-0.39, 0.29) is 22.4 Å². The highest BCUT2D eigenvalue weighted by Crippen LogP contribution is 2.26. The van der Waals surface area contributed by atoms with Gasteiger partial charge in [0.25, 0.3) is 0 Å². The number of aldehydes is 1. The van der Waals surface area contributed by atoms with Crippen molar-refractivity contribution in [3.8, 4) is 0 Å². The van der Waals surface area contributed by atoms with E-state index in [2.05, 4.69) is 10.0 Å². The first-order chi connectivity index (χ1) is 7.87. The Labute approximate surface area is 95.1 Å². The van der Waals surface area contributed by atoms with Gasteiger partial charge in [-0.15, -0.1) is 0 Å². The molecule has 0 aromatic heterocycles. The molecule has 0 N–H and O–H groups in total. The summed E-state index contributed by atoms with van der Waals surface area (Å²) >= 11 is 0. The van der Waals surface area contributed by atoms with E-state index in [1.807, 2.05) is 0 Å². The van der Waals surface area contributed by atoms with Crippen LogP contribution in [-0.2, 0) is 6.32 Å². The van der Waals surface area contributed by atoms with E-state index < -0.39 is 13.3 Å². The van der Waals surface area contributed by atoms with Crippen LogP contribution in [0.5, 0.6) is 0 Å². The van der Waals surface area contributed by atoms with Crippen molar-refractivity contribution >= 4 is 19.0 Å². The number of azide groups is 1. The fourth-order valence-corrected chi connectivity index (χ4v) is 1.47. The lowest BCUT2D eigenvalue weighted by molar-refractivity contribution is 0.112. The van der Waals surface area contributed by atoms with Crippen LogP contribution in [0, 0.1) is 6.92 Å². The van der Waals surface area contributed by atoms with Gasteiger partial charge >= 0.3 is 6.98 Å². The molecule has 0 unspecified atom stereocenters. The molecular weight excluding hydrogens is 234 g/mol. The number of rotatable bonds is 4. The zero-order valence-electron chi connectivity index (χ0n) is 8.90. The Bertz CT molecular complexity index is 495. The Kier molecular flexibility index (Phi) is 3.80. The molecule has 1 rings (SSSR count). The van der Waals surface area contributed by atoms with Gasteiger partial charge in [-0.25, -0.2) is 0 Å². The summed E-state index contributed by atoms with van der Waals surface area (Å²) in [5, 5.41) is 3.21. The van der Waals surface area contributed by atoms with Crippen LogP contribution in [0.15, 0.2) is 17.2 Å². The van der Waals surface area contributed by atoms with Gasteiger partial charge in [0.05, 0.1) is 0 Å². The fourth-order valence-electron chi connectivity index (χ4n) is 1.47. The lowest BCUT2D eigenvalue weighted by atomic mass is 9.79. The van der Waals surface area contributed by atoms with Gasteiger partial charge in [-0.2, -0.15) is 0 Å². The third-order valence-electron chi connectivity index (χ3n) is 2.28. The Balaban J connectivity index is 3.32. The largest absolute Gasteiger partial charge is 0.482 e. The lowest BCUT2D eigenvalue weighted by Crippen LogP contribution is -2.20. The maximum atomic E-state index is 12.3. The minimum absolute atomic E-state index is 0.00949. The van der Waals surface area contributed by atoms with Crippen molar-refractivity contribution in [1.29, 1.82) is 0 Å². The topological polar surface area (TPSA) is 65.8 Å². The number of nitrogens with zero attached hydrogens (tertiary/aromatic N) is 3. The monoisotopic (exact) mass is 242 g/mol. The van der Waals surface area contributed by atoms with E-state index >= 15 is 0 Å². The van der Waals surface area contributed by atoms with E-state index in [1.165, 1.54) is 13.0 Å². The van der Waals surface area contributed by atoms with Gasteiger partial charge < -0.3 is 12.9 Å². The summed E-state index contributed by atoms with van der Waals surface area (Å²) in [6, 6.07) is 2.41. The van der Waals surface area contributed by atoms with Crippen molar-refractivity contribution < 1.29 is 17.7 Å². The molecule has 0 saturated heterocycles. The summed E-state index contributed by atoms with van der Waals surface area (Å²) in [5.41, 5.74) is 8.56. The zero-order chi connectivity index (χ0) is 13.1. The van der Waals surface area contributed by atoms with Crippen molar-refractivity contribution in [3.63, 3.8) is 0 Å². The highest BCUT2D eigenvalue weighted by Gasteiger charge is 2.24. The maximum absolute atomic E-state index is 12.3. The third-order valence-corrected chi connectivity index (χ3v) is 2.28. The van der Waals surface area contributed by atoms with Crippen LogP contribution in [0.2, 0.25) is 0 Å². The van der Waals surface area contributed by atoms with Gasteiger partial charge in [-0.1, -0.05) is 23.1 Å². The van der Waals surface area contributed by atoms with Gasteiger partial charge in [0, 0.05) is 16.2 Å². The van der Waals surface area contributed by atoms with Gasteiger partial charge in [0.1, 0.15) is 6.29 Å². The Hall–Kier alpha value is -1.95. The molecule has 0 atom stereocenters. The second kappa shape index (κ2) is 4.92. The minimum Gasteiger partial charge on any atom is -0.449 e. The number of hydrogen-bond acceptors (Lipinski definition) is 2. The molecule has 0 aliphatic rings. The van der Waals surface area contributed by atoms with E-state index in [4.69, 9.17) is 5.53 Å². The normalized spacial score (nSPS) is 10.8. The standard InChI is InChI=1S/C9H8BF3N3O/c1-6-7(4-10(11,12)13)2-9(15-16-14)3-8(6)5-17/h2-3,5H,4H2,1H3/q-1. The molecule has 0 amide bonds. The second-order valence-corrected chi connectivity index (χ2v) is 3.54. The molecule has 17 heavy (non-hydrogen) atoms. The summed E-state index contributed by atoms with van der Waals surface area (Å²) in [7, 11) is 0. The van der Waals surface area contributed by atoms with Gasteiger partial charge in [0.15, 0.2) is 0 Å². The van der Waals surface area contributed by atoms with Crippen molar-refractivity contribution in [1.82, 2.24) is 0 Å². The van der Waals surface area contributed by atoms with E-state index in [0.29, 0.717) is 6.29 Å². The smallest absolute Gasteiger partial charge is 0.449 e. The van der Waals surface area contributed by atoms with Crippen LogP contribution in [0.3, 0.4) is 0 Å². The molecular formula is C9H8BF3N3O-. The van der Waals surface area contributed by atoms with Gasteiger partial charge in [-0.05, 0) is 24.1 Å². The molecule has 1 aromatic rings.